The molecule has 1 aromatic rings. The highest BCUT2D eigenvalue weighted by Crippen LogP contribution is 2.23. The summed E-state index contributed by atoms with van der Waals surface area (Å²) >= 11 is 0. The molecule has 0 aromatic carbocycles. The molecule has 17 heavy (non-hydrogen) atoms. The van der Waals surface area contributed by atoms with Gasteiger partial charge in [-0.15, -0.1) is 0 Å². The Balaban J connectivity index is 2.16. The second-order valence-electron chi connectivity index (χ2n) is 5.12. The molecule has 1 aromatic heterocycles. The van der Waals surface area contributed by atoms with E-state index in [4.69, 9.17) is 5.73 Å². The van der Waals surface area contributed by atoms with Gasteiger partial charge in [0.1, 0.15) is 11.6 Å². The van der Waals surface area contributed by atoms with Gasteiger partial charge in [0, 0.05) is 30.9 Å². The van der Waals surface area contributed by atoms with E-state index in [9.17, 15) is 0 Å². The van der Waals surface area contributed by atoms with Crippen LogP contribution in [0.2, 0.25) is 0 Å². The molecule has 2 heterocycles. The Bertz CT molecular complexity index is 369. The van der Waals surface area contributed by atoms with E-state index in [1.807, 2.05) is 13.8 Å². The van der Waals surface area contributed by atoms with Gasteiger partial charge in [-0.2, -0.15) is 0 Å². The van der Waals surface area contributed by atoms with E-state index in [1.165, 1.54) is 12.8 Å². The molecule has 0 bridgehead atoms. The molecule has 1 fully saturated rings. The van der Waals surface area contributed by atoms with E-state index >= 15 is 0 Å². The SMILES string of the molecule is Cc1cc(N2CCCC(C(C)N)C2)nc(C)n1. The first kappa shape index (κ1) is 12.3. The van der Waals surface area contributed by atoms with Crippen LogP contribution < -0.4 is 10.6 Å². The van der Waals surface area contributed by atoms with E-state index < -0.39 is 0 Å². The van der Waals surface area contributed by atoms with Crippen LogP contribution in [0.1, 0.15) is 31.3 Å². The van der Waals surface area contributed by atoms with Crippen LogP contribution in [0.4, 0.5) is 5.82 Å². The molecule has 0 saturated carbocycles. The fourth-order valence-electron chi connectivity index (χ4n) is 2.51. The van der Waals surface area contributed by atoms with Crippen LogP contribution >= 0.6 is 0 Å². The molecule has 2 N–H and O–H groups in total. The van der Waals surface area contributed by atoms with Crippen LogP contribution in [0.5, 0.6) is 0 Å². The van der Waals surface area contributed by atoms with Gasteiger partial charge in [-0.25, -0.2) is 9.97 Å². The number of anilines is 1. The Morgan fingerprint density at radius 2 is 2.18 bits per heavy atom. The average molecular weight is 234 g/mol. The van der Waals surface area contributed by atoms with Gasteiger partial charge in [-0.05, 0) is 39.5 Å². The van der Waals surface area contributed by atoms with Gasteiger partial charge in [-0.3, -0.25) is 0 Å². The molecule has 2 unspecified atom stereocenters. The zero-order valence-corrected chi connectivity index (χ0v) is 11.0. The van der Waals surface area contributed by atoms with Crippen molar-refractivity contribution in [3.8, 4) is 0 Å². The van der Waals surface area contributed by atoms with Crippen LogP contribution in [-0.4, -0.2) is 29.1 Å². The van der Waals surface area contributed by atoms with Gasteiger partial charge in [0.15, 0.2) is 0 Å². The summed E-state index contributed by atoms with van der Waals surface area (Å²) in [6.07, 6.45) is 2.44. The number of nitrogens with zero attached hydrogens (tertiary/aromatic N) is 3. The maximum absolute atomic E-state index is 6.01. The Hall–Kier alpha value is -1.16. The monoisotopic (exact) mass is 234 g/mol. The summed E-state index contributed by atoms with van der Waals surface area (Å²) < 4.78 is 0. The molecule has 4 nitrogen and oxygen atoms in total. The molecular weight excluding hydrogens is 212 g/mol. The summed E-state index contributed by atoms with van der Waals surface area (Å²) in [5, 5.41) is 0. The van der Waals surface area contributed by atoms with Crippen LogP contribution in [-0.2, 0) is 0 Å². The zero-order valence-electron chi connectivity index (χ0n) is 11.0. The van der Waals surface area contributed by atoms with Crippen molar-refractivity contribution in [3.63, 3.8) is 0 Å². The second-order valence-corrected chi connectivity index (χ2v) is 5.12. The van der Waals surface area contributed by atoms with Gasteiger partial charge in [0.05, 0.1) is 0 Å². The minimum Gasteiger partial charge on any atom is -0.356 e. The first-order valence-corrected chi connectivity index (χ1v) is 6.39. The fourth-order valence-corrected chi connectivity index (χ4v) is 2.51. The van der Waals surface area contributed by atoms with Crippen molar-refractivity contribution < 1.29 is 0 Å². The molecular formula is C13H22N4. The lowest BCUT2D eigenvalue weighted by Crippen LogP contribution is -2.42. The van der Waals surface area contributed by atoms with E-state index in [0.29, 0.717) is 5.92 Å². The average Bonchev–Trinajstić information content (AvgIpc) is 2.28. The number of aromatic nitrogens is 2. The van der Waals surface area contributed by atoms with Gasteiger partial charge in [0.25, 0.3) is 0 Å². The van der Waals surface area contributed by atoms with Crippen molar-refractivity contribution in [1.29, 1.82) is 0 Å². The van der Waals surface area contributed by atoms with E-state index in [1.54, 1.807) is 0 Å². The third kappa shape index (κ3) is 2.94. The molecule has 1 aliphatic heterocycles. The van der Waals surface area contributed by atoms with E-state index in [0.717, 1.165) is 30.4 Å². The largest absolute Gasteiger partial charge is 0.356 e. The van der Waals surface area contributed by atoms with Crippen molar-refractivity contribution in [2.75, 3.05) is 18.0 Å². The number of hydrogen-bond acceptors (Lipinski definition) is 4. The lowest BCUT2D eigenvalue weighted by Gasteiger charge is -2.35. The summed E-state index contributed by atoms with van der Waals surface area (Å²) in [5.41, 5.74) is 7.05. The number of rotatable bonds is 2. The molecule has 1 aliphatic rings. The Morgan fingerprint density at radius 1 is 1.41 bits per heavy atom. The smallest absolute Gasteiger partial charge is 0.132 e. The number of piperidine rings is 1. The van der Waals surface area contributed by atoms with Crippen LogP contribution in [0.3, 0.4) is 0 Å². The van der Waals surface area contributed by atoms with Gasteiger partial charge >= 0.3 is 0 Å². The van der Waals surface area contributed by atoms with E-state index in [2.05, 4.69) is 27.9 Å². The highest BCUT2D eigenvalue weighted by Gasteiger charge is 2.23. The molecule has 1 saturated heterocycles. The number of nitrogens with two attached hydrogens (primary N) is 1. The van der Waals surface area contributed by atoms with Gasteiger partial charge in [0.2, 0.25) is 0 Å². The molecule has 0 spiro atoms. The quantitative estimate of drug-likeness (QED) is 0.845. The van der Waals surface area contributed by atoms with Gasteiger partial charge in [-0.1, -0.05) is 0 Å². The van der Waals surface area contributed by atoms with Crippen molar-refractivity contribution >= 4 is 5.82 Å². The third-order valence-corrected chi connectivity index (χ3v) is 3.48. The minimum absolute atomic E-state index is 0.266. The highest BCUT2D eigenvalue weighted by atomic mass is 15.2. The summed E-state index contributed by atoms with van der Waals surface area (Å²) in [4.78, 5) is 11.2. The van der Waals surface area contributed by atoms with Crippen LogP contribution in [0, 0.1) is 19.8 Å². The summed E-state index contributed by atoms with van der Waals surface area (Å²) in [5.74, 6) is 2.49. The van der Waals surface area contributed by atoms with Crippen molar-refractivity contribution in [3.05, 3.63) is 17.6 Å². The minimum atomic E-state index is 0.266. The lowest BCUT2D eigenvalue weighted by molar-refractivity contribution is 0.363. The fraction of sp³-hybridized carbons (Fsp3) is 0.692. The predicted molar refractivity (Wildman–Crippen MR) is 70.1 cm³/mol. The molecule has 0 aliphatic carbocycles. The lowest BCUT2D eigenvalue weighted by atomic mass is 9.92. The first-order chi connectivity index (χ1) is 8.06. The molecule has 0 radical (unpaired) electrons. The maximum atomic E-state index is 6.01. The summed E-state index contributed by atoms with van der Waals surface area (Å²) in [7, 11) is 0. The second kappa shape index (κ2) is 5.00. The van der Waals surface area contributed by atoms with E-state index in [-0.39, 0.29) is 6.04 Å². The van der Waals surface area contributed by atoms with Crippen molar-refractivity contribution in [1.82, 2.24) is 9.97 Å². The van der Waals surface area contributed by atoms with Crippen LogP contribution in [0.25, 0.3) is 0 Å². The zero-order chi connectivity index (χ0) is 12.4. The third-order valence-electron chi connectivity index (χ3n) is 3.48. The standard InChI is InChI=1S/C13H22N4/c1-9-7-13(16-11(3)15-9)17-6-4-5-12(8-17)10(2)14/h7,10,12H,4-6,8,14H2,1-3H3. The Morgan fingerprint density at radius 3 is 2.82 bits per heavy atom. The normalized spacial score (nSPS) is 22.6. The molecule has 0 amide bonds. The predicted octanol–water partition coefficient (Wildman–Crippen LogP) is 1.66. The Labute approximate surface area is 103 Å². The van der Waals surface area contributed by atoms with Crippen molar-refractivity contribution in [2.24, 2.45) is 11.7 Å². The summed E-state index contributed by atoms with van der Waals surface area (Å²) in [6, 6.07) is 2.33. The molecule has 2 rings (SSSR count). The molecule has 4 heteroatoms. The topological polar surface area (TPSA) is 55.0 Å². The maximum Gasteiger partial charge on any atom is 0.132 e. The molecule has 2 atom stereocenters. The summed E-state index contributed by atoms with van der Waals surface area (Å²) in [6.45, 7) is 8.17. The van der Waals surface area contributed by atoms with Crippen LogP contribution in [0.15, 0.2) is 6.07 Å². The number of hydrogen-bond donors (Lipinski definition) is 1. The Kier molecular flexibility index (Phi) is 3.62. The molecule has 94 valence electrons. The highest BCUT2D eigenvalue weighted by molar-refractivity contribution is 5.40. The number of aryl methyl sites for hydroxylation is 2. The van der Waals surface area contributed by atoms with Crippen molar-refractivity contribution in [2.45, 2.75) is 39.7 Å². The van der Waals surface area contributed by atoms with Gasteiger partial charge < -0.3 is 10.6 Å². The first-order valence-electron chi connectivity index (χ1n) is 6.39.